The summed E-state index contributed by atoms with van der Waals surface area (Å²) in [6.45, 7) is 0.960. The fourth-order valence-electron chi connectivity index (χ4n) is 3.19. The van der Waals surface area contributed by atoms with Crippen LogP contribution in [0.2, 0.25) is 0 Å². The van der Waals surface area contributed by atoms with Crippen LogP contribution >= 0.6 is 0 Å². The van der Waals surface area contributed by atoms with Gasteiger partial charge in [-0.1, -0.05) is 6.07 Å². The molecule has 1 aromatic carbocycles. The molecule has 148 valence electrons. The van der Waals surface area contributed by atoms with Gasteiger partial charge < -0.3 is 19.7 Å². The second-order valence-electron chi connectivity index (χ2n) is 6.38. The monoisotopic (exact) mass is 386 g/mol. The Morgan fingerprint density at radius 1 is 1.11 bits per heavy atom. The highest BCUT2D eigenvalue weighted by Gasteiger charge is 2.27. The van der Waals surface area contributed by atoms with E-state index < -0.39 is 0 Å². The lowest BCUT2D eigenvalue weighted by atomic mass is 10.0. The van der Waals surface area contributed by atoms with Crippen molar-refractivity contribution in [2.45, 2.75) is 18.9 Å². The molecule has 2 amide bonds. The Hall–Kier alpha value is -3.36. The van der Waals surface area contributed by atoms with E-state index in [-0.39, 0.29) is 29.1 Å². The summed E-state index contributed by atoms with van der Waals surface area (Å²) in [6.07, 6.45) is 1.22. The van der Waals surface area contributed by atoms with E-state index in [9.17, 15) is 14.4 Å². The molecule has 0 bridgehead atoms. The summed E-state index contributed by atoms with van der Waals surface area (Å²) >= 11 is 0. The van der Waals surface area contributed by atoms with E-state index in [2.05, 4.69) is 15.5 Å². The lowest BCUT2D eigenvalue weighted by Crippen LogP contribution is -2.46. The number of aromatic amines is 1. The molecule has 28 heavy (non-hydrogen) atoms. The van der Waals surface area contributed by atoms with E-state index in [0.29, 0.717) is 43.0 Å². The van der Waals surface area contributed by atoms with Crippen molar-refractivity contribution in [2.24, 2.45) is 0 Å². The SMILES string of the molecule is COc1cccc(OC)c1C(=O)NC1CCN(C(=O)c2ccc(=O)[nH]n2)CC1. The topological polar surface area (TPSA) is 114 Å². The van der Waals surface area contributed by atoms with Gasteiger partial charge in [0.05, 0.1) is 14.2 Å². The van der Waals surface area contributed by atoms with Gasteiger partial charge in [0.2, 0.25) is 0 Å². The molecule has 0 aliphatic carbocycles. The summed E-state index contributed by atoms with van der Waals surface area (Å²) in [5.74, 6) is 0.357. The predicted octanol–water partition coefficient (Wildman–Crippen LogP) is 0.822. The summed E-state index contributed by atoms with van der Waals surface area (Å²) < 4.78 is 10.6. The third kappa shape index (κ3) is 4.13. The average Bonchev–Trinajstić information content (AvgIpc) is 2.73. The van der Waals surface area contributed by atoms with Crippen molar-refractivity contribution in [3.8, 4) is 11.5 Å². The summed E-state index contributed by atoms with van der Waals surface area (Å²) in [4.78, 5) is 37.9. The minimum Gasteiger partial charge on any atom is -0.496 e. The summed E-state index contributed by atoms with van der Waals surface area (Å²) in [5.41, 5.74) is 0.189. The van der Waals surface area contributed by atoms with Crippen LogP contribution in [0.5, 0.6) is 11.5 Å². The van der Waals surface area contributed by atoms with Crippen LogP contribution in [0.25, 0.3) is 0 Å². The molecule has 9 nitrogen and oxygen atoms in total. The van der Waals surface area contributed by atoms with Crippen molar-refractivity contribution in [3.05, 3.63) is 51.9 Å². The van der Waals surface area contributed by atoms with E-state index in [1.165, 1.54) is 26.4 Å². The van der Waals surface area contributed by atoms with Crippen molar-refractivity contribution in [3.63, 3.8) is 0 Å². The molecule has 0 radical (unpaired) electrons. The van der Waals surface area contributed by atoms with E-state index >= 15 is 0 Å². The molecule has 0 saturated carbocycles. The zero-order valence-electron chi connectivity index (χ0n) is 15.7. The second kappa shape index (κ2) is 8.55. The molecule has 2 aromatic rings. The van der Waals surface area contributed by atoms with E-state index in [1.54, 1.807) is 23.1 Å². The lowest BCUT2D eigenvalue weighted by molar-refractivity contribution is 0.0691. The van der Waals surface area contributed by atoms with Gasteiger partial charge in [0.15, 0.2) is 0 Å². The number of rotatable bonds is 5. The van der Waals surface area contributed by atoms with Gasteiger partial charge in [-0.2, -0.15) is 5.10 Å². The van der Waals surface area contributed by atoms with Crippen LogP contribution < -0.4 is 20.3 Å². The first kappa shape index (κ1) is 19.4. The number of amides is 2. The van der Waals surface area contributed by atoms with Gasteiger partial charge in [0.1, 0.15) is 22.8 Å². The van der Waals surface area contributed by atoms with Crippen LogP contribution in [0.4, 0.5) is 0 Å². The highest BCUT2D eigenvalue weighted by atomic mass is 16.5. The maximum atomic E-state index is 12.7. The first-order chi connectivity index (χ1) is 13.5. The molecule has 1 fully saturated rings. The number of methoxy groups -OCH3 is 2. The Kier molecular flexibility index (Phi) is 5.93. The van der Waals surface area contributed by atoms with E-state index in [1.807, 2.05) is 0 Å². The van der Waals surface area contributed by atoms with Crippen molar-refractivity contribution in [1.29, 1.82) is 0 Å². The highest BCUT2D eigenvalue weighted by molar-refractivity contribution is 6.00. The van der Waals surface area contributed by atoms with Gasteiger partial charge in [0.25, 0.3) is 17.4 Å². The molecule has 0 spiro atoms. The summed E-state index contributed by atoms with van der Waals surface area (Å²) in [5, 5.41) is 9.02. The molecule has 1 aromatic heterocycles. The van der Waals surface area contributed by atoms with Gasteiger partial charge >= 0.3 is 0 Å². The maximum absolute atomic E-state index is 12.7. The van der Waals surface area contributed by atoms with Gasteiger partial charge in [-0.25, -0.2) is 5.10 Å². The normalized spacial score (nSPS) is 14.4. The Morgan fingerprint density at radius 3 is 2.29 bits per heavy atom. The molecule has 9 heteroatoms. The van der Waals surface area contributed by atoms with Gasteiger partial charge in [-0.3, -0.25) is 14.4 Å². The molecule has 0 atom stereocenters. The van der Waals surface area contributed by atoms with E-state index in [4.69, 9.17) is 9.47 Å². The van der Waals surface area contributed by atoms with Crippen LogP contribution in [0.1, 0.15) is 33.7 Å². The second-order valence-corrected chi connectivity index (χ2v) is 6.38. The number of H-pyrrole nitrogens is 1. The number of likely N-dealkylation sites (tertiary alicyclic amines) is 1. The Morgan fingerprint density at radius 2 is 1.75 bits per heavy atom. The van der Waals surface area contributed by atoms with Crippen LogP contribution in [-0.4, -0.2) is 60.3 Å². The molecule has 3 rings (SSSR count). The minimum atomic E-state index is -0.357. The molecule has 1 aliphatic rings. The van der Waals surface area contributed by atoms with Gasteiger partial charge in [-0.05, 0) is 31.0 Å². The highest BCUT2D eigenvalue weighted by Crippen LogP contribution is 2.28. The number of nitrogens with zero attached hydrogens (tertiary/aromatic N) is 2. The number of carbonyl (C=O) groups is 2. The van der Waals surface area contributed by atoms with Crippen molar-refractivity contribution in [1.82, 2.24) is 20.4 Å². The summed E-state index contributed by atoms with van der Waals surface area (Å²) in [7, 11) is 3.00. The average molecular weight is 386 g/mol. The molecule has 1 aliphatic heterocycles. The molecule has 0 unspecified atom stereocenters. The number of hydrogen-bond acceptors (Lipinski definition) is 6. The van der Waals surface area contributed by atoms with Gasteiger partial charge in [-0.15, -0.1) is 0 Å². The quantitative estimate of drug-likeness (QED) is 0.787. The zero-order valence-corrected chi connectivity index (χ0v) is 15.7. The first-order valence-corrected chi connectivity index (χ1v) is 8.90. The van der Waals surface area contributed by atoms with Crippen molar-refractivity contribution >= 4 is 11.8 Å². The molecule has 1 saturated heterocycles. The Labute approximate surface area is 161 Å². The smallest absolute Gasteiger partial charge is 0.274 e. The zero-order chi connectivity index (χ0) is 20.1. The third-order valence-electron chi connectivity index (χ3n) is 4.67. The van der Waals surface area contributed by atoms with Crippen molar-refractivity contribution < 1.29 is 19.1 Å². The largest absolute Gasteiger partial charge is 0.496 e. The van der Waals surface area contributed by atoms with Crippen molar-refractivity contribution in [2.75, 3.05) is 27.3 Å². The number of ether oxygens (including phenoxy) is 2. The predicted molar refractivity (Wildman–Crippen MR) is 101 cm³/mol. The van der Waals surface area contributed by atoms with Crippen LogP contribution in [0, 0.1) is 0 Å². The standard InChI is InChI=1S/C19H22N4O5/c1-27-14-4-3-5-15(28-2)17(14)18(25)20-12-8-10-23(11-9-12)19(26)13-6-7-16(24)22-21-13/h3-7,12H,8-11H2,1-2H3,(H,20,25)(H,22,24). The number of hydrogen-bond donors (Lipinski definition) is 2. The third-order valence-corrected chi connectivity index (χ3v) is 4.67. The number of piperidine rings is 1. The number of aromatic nitrogens is 2. The molecular formula is C19H22N4O5. The molecular weight excluding hydrogens is 364 g/mol. The van der Waals surface area contributed by atoms with Crippen LogP contribution in [-0.2, 0) is 0 Å². The number of benzene rings is 1. The molecule has 2 N–H and O–H groups in total. The Balaban J connectivity index is 1.62. The molecule has 2 heterocycles. The number of carbonyl (C=O) groups excluding carboxylic acids is 2. The Bertz CT molecular complexity index is 876. The van der Waals surface area contributed by atoms with Gasteiger partial charge in [0, 0.05) is 25.2 Å². The fourth-order valence-corrected chi connectivity index (χ4v) is 3.19. The minimum absolute atomic E-state index is 0.0743. The summed E-state index contributed by atoms with van der Waals surface area (Å²) in [6, 6.07) is 7.76. The maximum Gasteiger partial charge on any atom is 0.274 e. The van der Waals surface area contributed by atoms with Crippen LogP contribution in [0.3, 0.4) is 0 Å². The lowest BCUT2D eigenvalue weighted by Gasteiger charge is -2.32. The van der Waals surface area contributed by atoms with Crippen LogP contribution in [0.15, 0.2) is 35.1 Å². The fraction of sp³-hybridized carbons (Fsp3) is 0.368. The number of nitrogens with one attached hydrogen (secondary N) is 2. The first-order valence-electron chi connectivity index (χ1n) is 8.90. The van der Waals surface area contributed by atoms with E-state index in [0.717, 1.165) is 0 Å².